The Bertz CT molecular complexity index is 691. The highest BCUT2D eigenvalue weighted by Crippen LogP contribution is 2.23. The normalized spacial score (nSPS) is 15.3. The van der Waals surface area contributed by atoms with Crippen LogP contribution in [0.2, 0.25) is 0 Å². The van der Waals surface area contributed by atoms with Crippen LogP contribution < -0.4 is 5.32 Å². The number of rotatable bonds is 5. The zero-order chi connectivity index (χ0) is 17.6. The van der Waals surface area contributed by atoms with Gasteiger partial charge in [-0.15, -0.1) is 11.3 Å². The smallest absolute Gasteiger partial charge is 0.317 e. The fourth-order valence-electron chi connectivity index (χ4n) is 3.23. The topological polar surface area (TPSA) is 65.5 Å². The van der Waals surface area contributed by atoms with E-state index in [1.165, 1.54) is 5.56 Å². The second-order valence-electron chi connectivity index (χ2n) is 6.65. The highest BCUT2D eigenvalue weighted by atomic mass is 32.1. The average Bonchev–Trinajstić information content (AvgIpc) is 3.05. The Balaban J connectivity index is 1.37. The van der Waals surface area contributed by atoms with Gasteiger partial charge in [0.05, 0.1) is 17.2 Å². The van der Waals surface area contributed by atoms with E-state index in [2.05, 4.69) is 10.3 Å². The van der Waals surface area contributed by atoms with E-state index in [0.717, 1.165) is 49.5 Å². The van der Waals surface area contributed by atoms with E-state index in [4.69, 9.17) is 0 Å². The van der Waals surface area contributed by atoms with Crippen LogP contribution in [0.1, 0.15) is 35.5 Å². The van der Waals surface area contributed by atoms with Crippen LogP contribution in [0.25, 0.3) is 0 Å². The van der Waals surface area contributed by atoms with Gasteiger partial charge in [0.25, 0.3) is 0 Å². The minimum absolute atomic E-state index is 0.0163. The van der Waals surface area contributed by atoms with Crippen LogP contribution in [-0.2, 0) is 13.0 Å². The number of thiazole rings is 1. The van der Waals surface area contributed by atoms with Crippen molar-refractivity contribution in [1.29, 1.82) is 0 Å². The zero-order valence-electron chi connectivity index (χ0n) is 14.6. The van der Waals surface area contributed by atoms with Gasteiger partial charge in [0.2, 0.25) is 0 Å². The van der Waals surface area contributed by atoms with Crippen molar-refractivity contribution in [3.63, 3.8) is 0 Å². The number of carbonyl (C=O) groups is 1. The zero-order valence-corrected chi connectivity index (χ0v) is 15.4. The number of urea groups is 1. The van der Waals surface area contributed by atoms with Crippen LogP contribution in [0.4, 0.5) is 4.79 Å². The number of aromatic nitrogens is 1. The summed E-state index contributed by atoms with van der Waals surface area (Å²) in [5, 5.41) is 15.3. The molecule has 1 aromatic heterocycles. The van der Waals surface area contributed by atoms with Crippen molar-refractivity contribution in [1.82, 2.24) is 15.2 Å². The Hall–Kier alpha value is -2.08. The summed E-state index contributed by atoms with van der Waals surface area (Å²) < 4.78 is 0. The predicted octanol–water partition coefficient (Wildman–Crippen LogP) is 3.71. The molecule has 134 valence electrons. The van der Waals surface area contributed by atoms with E-state index in [1.807, 2.05) is 29.3 Å². The Kier molecular flexibility index (Phi) is 5.91. The molecule has 0 aliphatic carbocycles. The highest BCUT2D eigenvalue weighted by Gasteiger charge is 2.22. The molecule has 1 aromatic carbocycles. The van der Waals surface area contributed by atoms with Crippen LogP contribution in [0, 0.1) is 12.8 Å². The molecule has 1 fully saturated rings. The van der Waals surface area contributed by atoms with E-state index < -0.39 is 0 Å². The molecule has 0 spiro atoms. The molecule has 2 amide bonds. The first-order valence-electron chi connectivity index (χ1n) is 8.82. The summed E-state index contributed by atoms with van der Waals surface area (Å²) >= 11 is 1.61. The molecular formula is C19H25N3O2S. The number of phenolic OH excluding ortho intramolecular Hbond substituents is 1. The van der Waals surface area contributed by atoms with Crippen molar-refractivity contribution in [3.05, 3.63) is 45.9 Å². The maximum absolute atomic E-state index is 12.3. The van der Waals surface area contributed by atoms with Crippen LogP contribution >= 0.6 is 11.3 Å². The summed E-state index contributed by atoms with van der Waals surface area (Å²) in [7, 11) is 0. The second kappa shape index (κ2) is 8.34. The van der Waals surface area contributed by atoms with Crippen molar-refractivity contribution >= 4 is 17.4 Å². The predicted molar refractivity (Wildman–Crippen MR) is 99.8 cm³/mol. The fraction of sp³-hybridized carbons (Fsp3) is 0.474. The molecule has 0 radical (unpaired) electrons. The number of nitrogens with zero attached hydrogens (tertiary/aromatic N) is 2. The maximum atomic E-state index is 12.3. The molecule has 1 aliphatic heterocycles. The lowest BCUT2D eigenvalue weighted by atomic mass is 9.90. The fourth-order valence-corrected chi connectivity index (χ4v) is 3.84. The maximum Gasteiger partial charge on any atom is 0.317 e. The molecule has 25 heavy (non-hydrogen) atoms. The van der Waals surface area contributed by atoms with Crippen molar-refractivity contribution in [2.45, 2.75) is 39.2 Å². The third kappa shape index (κ3) is 5.19. The van der Waals surface area contributed by atoms with Crippen molar-refractivity contribution in [2.75, 3.05) is 13.1 Å². The minimum atomic E-state index is 0.0163. The Morgan fingerprint density at radius 1 is 1.32 bits per heavy atom. The number of phenols is 1. The van der Waals surface area contributed by atoms with E-state index in [-0.39, 0.29) is 6.03 Å². The lowest BCUT2D eigenvalue weighted by molar-refractivity contribution is 0.167. The first-order valence-corrected chi connectivity index (χ1v) is 9.70. The van der Waals surface area contributed by atoms with Crippen molar-refractivity contribution in [3.8, 4) is 5.75 Å². The van der Waals surface area contributed by atoms with Gasteiger partial charge in [0, 0.05) is 18.5 Å². The van der Waals surface area contributed by atoms with E-state index in [9.17, 15) is 9.90 Å². The summed E-state index contributed by atoms with van der Waals surface area (Å²) in [6, 6.07) is 7.47. The van der Waals surface area contributed by atoms with Crippen LogP contribution in [-0.4, -0.2) is 34.1 Å². The molecule has 0 unspecified atom stereocenters. The van der Waals surface area contributed by atoms with Gasteiger partial charge < -0.3 is 15.3 Å². The van der Waals surface area contributed by atoms with Crippen LogP contribution in [0.3, 0.4) is 0 Å². The summed E-state index contributed by atoms with van der Waals surface area (Å²) in [5.74, 6) is 0.981. The third-order valence-electron chi connectivity index (χ3n) is 4.77. The number of piperidine rings is 1. The molecule has 5 nitrogen and oxygen atoms in total. The molecule has 1 aliphatic rings. The van der Waals surface area contributed by atoms with Gasteiger partial charge in [-0.05, 0) is 56.2 Å². The molecule has 0 bridgehead atoms. The lowest BCUT2D eigenvalue weighted by Gasteiger charge is -2.32. The number of hydrogen-bond donors (Lipinski definition) is 2. The molecule has 6 heteroatoms. The van der Waals surface area contributed by atoms with Crippen molar-refractivity contribution < 1.29 is 9.90 Å². The number of carbonyl (C=O) groups excluding carboxylic acids is 1. The summed E-state index contributed by atoms with van der Waals surface area (Å²) in [5.41, 5.74) is 2.19. The van der Waals surface area contributed by atoms with Gasteiger partial charge in [0.1, 0.15) is 5.75 Å². The average molecular weight is 359 g/mol. The molecule has 1 saturated heterocycles. The summed E-state index contributed by atoms with van der Waals surface area (Å²) in [6.45, 7) is 4.12. The van der Waals surface area contributed by atoms with E-state index >= 15 is 0 Å². The van der Waals surface area contributed by atoms with Gasteiger partial charge in [-0.2, -0.15) is 0 Å². The molecule has 0 atom stereocenters. The monoisotopic (exact) mass is 359 g/mol. The number of nitrogens with one attached hydrogen (secondary N) is 1. The standard InChI is InChI=1S/C19H25N3O2S/c1-14-21-17(13-25-14)12-20-19(24)22-10-8-16(9-11-22)3-2-15-4-6-18(23)7-5-15/h4-7,13,16,23H,2-3,8-12H2,1H3,(H,20,24). The Labute approximate surface area is 152 Å². The largest absolute Gasteiger partial charge is 0.508 e. The van der Waals surface area contributed by atoms with Gasteiger partial charge in [0.15, 0.2) is 0 Å². The summed E-state index contributed by atoms with van der Waals surface area (Å²) in [6.07, 6.45) is 4.28. The molecule has 2 heterocycles. The van der Waals surface area contributed by atoms with Gasteiger partial charge in [-0.25, -0.2) is 9.78 Å². The number of aromatic hydroxyl groups is 1. The van der Waals surface area contributed by atoms with Crippen LogP contribution in [0.5, 0.6) is 5.75 Å². The second-order valence-corrected chi connectivity index (χ2v) is 7.71. The van der Waals surface area contributed by atoms with Gasteiger partial charge >= 0.3 is 6.03 Å². The van der Waals surface area contributed by atoms with Crippen LogP contribution in [0.15, 0.2) is 29.6 Å². The van der Waals surface area contributed by atoms with Gasteiger partial charge in [-0.1, -0.05) is 12.1 Å². The van der Waals surface area contributed by atoms with E-state index in [0.29, 0.717) is 18.2 Å². The number of amides is 2. The Morgan fingerprint density at radius 3 is 2.68 bits per heavy atom. The summed E-state index contributed by atoms with van der Waals surface area (Å²) in [4.78, 5) is 18.5. The minimum Gasteiger partial charge on any atom is -0.508 e. The SMILES string of the molecule is Cc1nc(CNC(=O)N2CCC(CCc3ccc(O)cc3)CC2)cs1. The Morgan fingerprint density at radius 2 is 2.04 bits per heavy atom. The number of benzene rings is 1. The quantitative estimate of drug-likeness (QED) is 0.855. The number of hydrogen-bond acceptors (Lipinski definition) is 4. The third-order valence-corrected chi connectivity index (χ3v) is 5.59. The molecule has 3 rings (SSSR count). The highest BCUT2D eigenvalue weighted by molar-refractivity contribution is 7.09. The lowest BCUT2D eigenvalue weighted by Crippen LogP contribution is -2.44. The molecular weight excluding hydrogens is 334 g/mol. The van der Waals surface area contributed by atoms with Gasteiger partial charge in [-0.3, -0.25) is 0 Å². The number of aryl methyl sites for hydroxylation is 2. The van der Waals surface area contributed by atoms with E-state index in [1.54, 1.807) is 23.5 Å². The molecule has 2 aromatic rings. The van der Waals surface area contributed by atoms with Crippen molar-refractivity contribution in [2.24, 2.45) is 5.92 Å². The molecule has 0 saturated carbocycles. The molecule has 2 N–H and O–H groups in total. The number of likely N-dealkylation sites (tertiary alicyclic amines) is 1. The first kappa shape index (κ1) is 17.7. The first-order chi connectivity index (χ1) is 12.1.